The van der Waals surface area contributed by atoms with Crippen LogP contribution in [-0.4, -0.2) is 30.6 Å². The lowest BCUT2D eigenvalue weighted by Gasteiger charge is -2.13. The Labute approximate surface area is 134 Å². The Morgan fingerprint density at radius 3 is 2.59 bits per heavy atom. The standard InChI is InChI=1S/C19H28N2O/c1-5-21(4)13-20-18-11-14(2)17(10-15(18)3)19(22)12-16-8-6-7-9-16/h10-11,13,16H,5-9,12H2,1-4H3. The van der Waals surface area contributed by atoms with Gasteiger partial charge in [-0.15, -0.1) is 0 Å². The minimum Gasteiger partial charge on any atom is -0.366 e. The van der Waals surface area contributed by atoms with Crippen LogP contribution >= 0.6 is 0 Å². The number of rotatable bonds is 6. The summed E-state index contributed by atoms with van der Waals surface area (Å²) in [5.74, 6) is 0.900. The van der Waals surface area contributed by atoms with Crippen molar-refractivity contribution in [2.24, 2.45) is 10.9 Å². The van der Waals surface area contributed by atoms with E-state index in [2.05, 4.69) is 11.9 Å². The molecule has 120 valence electrons. The SMILES string of the molecule is CCN(C)C=Nc1cc(C)c(C(=O)CC2CCCC2)cc1C. The molecule has 0 unspecified atom stereocenters. The van der Waals surface area contributed by atoms with Gasteiger partial charge >= 0.3 is 0 Å². The Hall–Kier alpha value is -1.64. The predicted octanol–water partition coefficient (Wildman–Crippen LogP) is 4.68. The Bertz CT molecular complexity index is 557. The van der Waals surface area contributed by atoms with Gasteiger partial charge < -0.3 is 4.90 Å². The number of benzene rings is 1. The summed E-state index contributed by atoms with van der Waals surface area (Å²) in [6, 6.07) is 4.06. The molecule has 3 nitrogen and oxygen atoms in total. The van der Waals surface area contributed by atoms with Crippen molar-refractivity contribution in [3.05, 3.63) is 28.8 Å². The fourth-order valence-electron chi connectivity index (χ4n) is 3.07. The molecule has 1 aliphatic rings. The van der Waals surface area contributed by atoms with Gasteiger partial charge in [0.25, 0.3) is 0 Å². The molecule has 0 radical (unpaired) electrons. The summed E-state index contributed by atoms with van der Waals surface area (Å²) in [7, 11) is 2.01. The smallest absolute Gasteiger partial charge is 0.163 e. The first kappa shape index (κ1) is 16.7. The number of carbonyl (C=O) groups is 1. The lowest BCUT2D eigenvalue weighted by Crippen LogP contribution is -2.14. The molecule has 1 saturated carbocycles. The summed E-state index contributed by atoms with van der Waals surface area (Å²) in [6.07, 6.45) is 7.57. The van der Waals surface area contributed by atoms with Gasteiger partial charge in [0.2, 0.25) is 0 Å². The number of nitrogens with zero attached hydrogens (tertiary/aromatic N) is 2. The normalized spacial score (nSPS) is 15.6. The molecular weight excluding hydrogens is 272 g/mol. The number of aryl methyl sites for hydroxylation is 2. The molecule has 0 amide bonds. The maximum Gasteiger partial charge on any atom is 0.163 e. The number of ketones is 1. The van der Waals surface area contributed by atoms with Crippen LogP contribution in [0.25, 0.3) is 0 Å². The second kappa shape index (κ2) is 7.57. The molecule has 3 heteroatoms. The van der Waals surface area contributed by atoms with Gasteiger partial charge in [-0.2, -0.15) is 0 Å². The zero-order chi connectivity index (χ0) is 16.1. The number of aliphatic imine (C=N–C) groups is 1. The van der Waals surface area contributed by atoms with E-state index in [-0.39, 0.29) is 0 Å². The average Bonchev–Trinajstić information content (AvgIpc) is 3.00. The summed E-state index contributed by atoms with van der Waals surface area (Å²) in [4.78, 5) is 19.1. The Balaban J connectivity index is 2.14. The molecule has 22 heavy (non-hydrogen) atoms. The van der Waals surface area contributed by atoms with Gasteiger partial charge in [0.15, 0.2) is 5.78 Å². The van der Waals surface area contributed by atoms with E-state index >= 15 is 0 Å². The van der Waals surface area contributed by atoms with Crippen LogP contribution in [0, 0.1) is 19.8 Å². The first-order valence-corrected chi connectivity index (χ1v) is 8.40. The minimum atomic E-state index is 0.300. The summed E-state index contributed by atoms with van der Waals surface area (Å²) >= 11 is 0. The first-order valence-electron chi connectivity index (χ1n) is 8.40. The molecule has 0 heterocycles. The molecule has 0 atom stereocenters. The van der Waals surface area contributed by atoms with Crippen LogP contribution in [0.2, 0.25) is 0 Å². The fourth-order valence-corrected chi connectivity index (χ4v) is 3.07. The first-order chi connectivity index (χ1) is 10.5. The highest BCUT2D eigenvalue weighted by Crippen LogP contribution is 2.30. The number of hydrogen-bond donors (Lipinski definition) is 0. The maximum atomic E-state index is 12.6. The topological polar surface area (TPSA) is 32.7 Å². The largest absolute Gasteiger partial charge is 0.366 e. The lowest BCUT2D eigenvalue weighted by molar-refractivity contribution is 0.0961. The van der Waals surface area contributed by atoms with E-state index in [0.29, 0.717) is 18.1 Å². The van der Waals surface area contributed by atoms with Crippen molar-refractivity contribution in [1.82, 2.24) is 4.90 Å². The molecule has 1 aromatic carbocycles. The van der Waals surface area contributed by atoms with Crippen molar-refractivity contribution in [1.29, 1.82) is 0 Å². The van der Waals surface area contributed by atoms with E-state index in [1.165, 1.54) is 25.7 Å². The van der Waals surface area contributed by atoms with Gasteiger partial charge in [-0.25, -0.2) is 4.99 Å². The van der Waals surface area contributed by atoms with Crippen molar-refractivity contribution in [2.45, 2.75) is 52.9 Å². The highest BCUT2D eigenvalue weighted by atomic mass is 16.1. The molecule has 1 fully saturated rings. The van der Waals surface area contributed by atoms with Gasteiger partial charge in [0.1, 0.15) is 0 Å². The summed E-state index contributed by atoms with van der Waals surface area (Å²) in [5, 5.41) is 0. The predicted molar refractivity (Wildman–Crippen MR) is 93.3 cm³/mol. The van der Waals surface area contributed by atoms with Gasteiger partial charge in [-0.3, -0.25) is 4.79 Å². The van der Waals surface area contributed by atoms with Crippen molar-refractivity contribution in [3.8, 4) is 0 Å². The van der Waals surface area contributed by atoms with E-state index in [1.807, 2.05) is 44.3 Å². The van der Waals surface area contributed by atoms with E-state index in [1.54, 1.807) is 0 Å². The Morgan fingerprint density at radius 1 is 1.27 bits per heavy atom. The Kier molecular flexibility index (Phi) is 5.76. The summed E-state index contributed by atoms with van der Waals surface area (Å²) in [5.41, 5.74) is 3.95. The minimum absolute atomic E-state index is 0.300. The molecule has 0 spiro atoms. The van der Waals surface area contributed by atoms with Crippen LogP contribution in [0.1, 0.15) is 60.5 Å². The molecule has 0 aliphatic heterocycles. The Morgan fingerprint density at radius 2 is 1.95 bits per heavy atom. The molecule has 2 rings (SSSR count). The lowest BCUT2D eigenvalue weighted by atomic mass is 9.93. The maximum absolute atomic E-state index is 12.6. The van der Waals surface area contributed by atoms with E-state index in [4.69, 9.17) is 0 Å². The van der Waals surface area contributed by atoms with Gasteiger partial charge in [0.05, 0.1) is 12.0 Å². The van der Waals surface area contributed by atoms with E-state index in [0.717, 1.165) is 28.9 Å². The van der Waals surface area contributed by atoms with E-state index in [9.17, 15) is 4.79 Å². The summed E-state index contributed by atoms with van der Waals surface area (Å²) < 4.78 is 0. The monoisotopic (exact) mass is 300 g/mol. The van der Waals surface area contributed by atoms with Crippen molar-refractivity contribution in [3.63, 3.8) is 0 Å². The number of hydrogen-bond acceptors (Lipinski definition) is 2. The van der Waals surface area contributed by atoms with Crippen molar-refractivity contribution >= 4 is 17.8 Å². The van der Waals surface area contributed by atoms with Crippen molar-refractivity contribution in [2.75, 3.05) is 13.6 Å². The van der Waals surface area contributed by atoms with Gasteiger partial charge in [0, 0.05) is 25.6 Å². The van der Waals surface area contributed by atoms with Crippen LogP contribution in [0.5, 0.6) is 0 Å². The van der Waals surface area contributed by atoms with Crippen LogP contribution in [-0.2, 0) is 0 Å². The quantitative estimate of drug-likeness (QED) is 0.434. The molecular formula is C19H28N2O. The number of carbonyl (C=O) groups excluding carboxylic acids is 1. The molecule has 0 bridgehead atoms. The second-order valence-electron chi connectivity index (χ2n) is 6.55. The zero-order valence-electron chi connectivity index (χ0n) is 14.4. The highest BCUT2D eigenvalue weighted by molar-refractivity contribution is 5.98. The van der Waals surface area contributed by atoms with Crippen LogP contribution in [0.4, 0.5) is 5.69 Å². The van der Waals surface area contributed by atoms with Crippen LogP contribution in [0.3, 0.4) is 0 Å². The second-order valence-corrected chi connectivity index (χ2v) is 6.55. The van der Waals surface area contributed by atoms with Crippen molar-refractivity contribution < 1.29 is 4.79 Å². The molecule has 0 saturated heterocycles. The zero-order valence-corrected chi connectivity index (χ0v) is 14.4. The third-order valence-corrected chi connectivity index (χ3v) is 4.68. The van der Waals surface area contributed by atoms with Crippen LogP contribution in [0.15, 0.2) is 17.1 Å². The van der Waals surface area contributed by atoms with E-state index < -0.39 is 0 Å². The third kappa shape index (κ3) is 4.19. The highest BCUT2D eigenvalue weighted by Gasteiger charge is 2.20. The number of Topliss-reactive ketones (excluding diaryl/α,β-unsaturated/α-hetero) is 1. The van der Waals surface area contributed by atoms with Gasteiger partial charge in [-0.1, -0.05) is 25.7 Å². The molecule has 1 aromatic rings. The average molecular weight is 300 g/mol. The van der Waals surface area contributed by atoms with Gasteiger partial charge in [-0.05, 0) is 49.9 Å². The fraction of sp³-hybridized carbons (Fsp3) is 0.579. The molecule has 1 aliphatic carbocycles. The third-order valence-electron chi connectivity index (χ3n) is 4.68. The van der Waals surface area contributed by atoms with Crippen LogP contribution < -0.4 is 0 Å². The molecule has 0 N–H and O–H groups in total. The summed E-state index contributed by atoms with van der Waals surface area (Å²) in [6.45, 7) is 7.07. The molecule has 0 aromatic heterocycles.